The van der Waals surface area contributed by atoms with Gasteiger partial charge >= 0.3 is 5.97 Å². The number of rotatable bonds is 7. The highest BCUT2D eigenvalue weighted by Gasteiger charge is 2.25. The van der Waals surface area contributed by atoms with Crippen molar-refractivity contribution in [2.24, 2.45) is 11.7 Å². The van der Waals surface area contributed by atoms with Gasteiger partial charge in [-0.1, -0.05) is 6.42 Å². The van der Waals surface area contributed by atoms with Crippen LogP contribution in [0.15, 0.2) is 0 Å². The van der Waals surface area contributed by atoms with Gasteiger partial charge in [-0.25, -0.2) is 0 Å². The summed E-state index contributed by atoms with van der Waals surface area (Å²) in [5, 5.41) is 18.4. The number of hydrogen-bond acceptors (Lipinski definition) is 3. The van der Waals surface area contributed by atoms with Crippen molar-refractivity contribution >= 4 is 5.97 Å². The first kappa shape index (κ1) is 13.4. The summed E-state index contributed by atoms with van der Waals surface area (Å²) < 4.78 is 0. The molecule has 0 heterocycles. The molecule has 84 valence electrons. The van der Waals surface area contributed by atoms with Crippen LogP contribution in [0.25, 0.3) is 0 Å². The molecule has 0 rings (SSSR count). The Hall–Kier alpha value is -0.610. The SMILES string of the molecule is CC(C)(O)CC(CCCCN)C(=O)O. The minimum absolute atomic E-state index is 0.299. The largest absolute Gasteiger partial charge is 0.481 e. The molecule has 0 bridgehead atoms. The molecule has 0 saturated carbocycles. The van der Waals surface area contributed by atoms with E-state index in [1.165, 1.54) is 0 Å². The first-order valence-corrected chi connectivity index (χ1v) is 5.02. The molecule has 0 amide bonds. The zero-order valence-electron chi connectivity index (χ0n) is 8.99. The summed E-state index contributed by atoms with van der Waals surface area (Å²) in [6.45, 7) is 3.85. The van der Waals surface area contributed by atoms with E-state index in [-0.39, 0.29) is 0 Å². The number of nitrogens with two attached hydrogens (primary N) is 1. The first-order valence-electron chi connectivity index (χ1n) is 5.02. The van der Waals surface area contributed by atoms with Gasteiger partial charge < -0.3 is 15.9 Å². The van der Waals surface area contributed by atoms with Gasteiger partial charge in [-0.2, -0.15) is 0 Å². The molecule has 0 aromatic carbocycles. The monoisotopic (exact) mass is 203 g/mol. The lowest BCUT2D eigenvalue weighted by molar-refractivity contribution is -0.144. The van der Waals surface area contributed by atoms with Gasteiger partial charge in [0, 0.05) is 0 Å². The number of carboxylic acids is 1. The predicted molar refractivity (Wildman–Crippen MR) is 54.9 cm³/mol. The molecule has 1 unspecified atom stereocenters. The van der Waals surface area contributed by atoms with Crippen molar-refractivity contribution in [2.75, 3.05) is 6.54 Å². The van der Waals surface area contributed by atoms with E-state index < -0.39 is 17.5 Å². The second-order valence-electron chi connectivity index (χ2n) is 4.34. The van der Waals surface area contributed by atoms with Gasteiger partial charge in [0.25, 0.3) is 0 Å². The fourth-order valence-corrected chi connectivity index (χ4v) is 1.45. The molecule has 4 heteroatoms. The van der Waals surface area contributed by atoms with Crippen molar-refractivity contribution in [3.8, 4) is 0 Å². The van der Waals surface area contributed by atoms with Gasteiger partial charge in [0.2, 0.25) is 0 Å². The highest BCUT2D eigenvalue weighted by molar-refractivity contribution is 5.70. The van der Waals surface area contributed by atoms with E-state index in [4.69, 9.17) is 10.8 Å². The lowest BCUT2D eigenvalue weighted by atomic mass is 9.90. The molecule has 0 aliphatic rings. The number of aliphatic carboxylic acids is 1. The molecule has 0 fully saturated rings. The summed E-state index contributed by atoms with van der Waals surface area (Å²) >= 11 is 0. The first-order chi connectivity index (χ1) is 6.37. The average Bonchev–Trinajstić information content (AvgIpc) is 2.00. The Bertz CT molecular complexity index is 175. The molecule has 14 heavy (non-hydrogen) atoms. The average molecular weight is 203 g/mol. The fraction of sp³-hybridized carbons (Fsp3) is 0.900. The predicted octanol–water partition coefficient (Wildman–Crippen LogP) is 0.977. The second kappa shape index (κ2) is 5.98. The summed E-state index contributed by atoms with van der Waals surface area (Å²) in [5.41, 5.74) is 4.41. The van der Waals surface area contributed by atoms with Crippen molar-refractivity contribution in [1.29, 1.82) is 0 Å². The van der Waals surface area contributed by atoms with Gasteiger partial charge in [0.15, 0.2) is 0 Å². The highest BCUT2D eigenvalue weighted by atomic mass is 16.4. The van der Waals surface area contributed by atoms with Gasteiger partial charge in [0.1, 0.15) is 0 Å². The fourth-order valence-electron chi connectivity index (χ4n) is 1.45. The Kier molecular flexibility index (Phi) is 5.72. The Morgan fingerprint density at radius 1 is 1.43 bits per heavy atom. The summed E-state index contributed by atoms with van der Waals surface area (Å²) in [4.78, 5) is 10.8. The van der Waals surface area contributed by atoms with E-state index >= 15 is 0 Å². The van der Waals surface area contributed by atoms with E-state index in [1.807, 2.05) is 0 Å². The standard InChI is InChI=1S/C10H21NO3/c1-10(2,14)7-8(9(12)13)5-3-4-6-11/h8,14H,3-7,11H2,1-2H3,(H,12,13). The summed E-state index contributed by atoms with van der Waals surface area (Å²) in [5.74, 6) is -1.29. The number of unbranched alkanes of at least 4 members (excludes halogenated alkanes) is 1. The van der Waals surface area contributed by atoms with Crippen LogP contribution in [-0.2, 0) is 4.79 Å². The van der Waals surface area contributed by atoms with Crippen LogP contribution >= 0.6 is 0 Å². The molecule has 0 radical (unpaired) electrons. The van der Waals surface area contributed by atoms with Gasteiger partial charge in [-0.3, -0.25) is 4.79 Å². The van der Waals surface area contributed by atoms with E-state index in [0.717, 1.165) is 12.8 Å². The maximum absolute atomic E-state index is 10.8. The van der Waals surface area contributed by atoms with Crippen LogP contribution in [0.4, 0.5) is 0 Å². The minimum atomic E-state index is -0.911. The zero-order chi connectivity index (χ0) is 11.2. The smallest absolute Gasteiger partial charge is 0.306 e. The maximum atomic E-state index is 10.8. The van der Waals surface area contributed by atoms with E-state index in [0.29, 0.717) is 19.4 Å². The lowest BCUT2D eigenvalue weighted by Crippen LogP contribution is -2.27. The Morgan fingerprint density at radius 2 is 2.00 bits per heavy atom. The van der Waals surface area contributed by atoms with Crippen LogP contribution in [0.3, 0.4) is 0 Å². The quantitative estimate of drug-likeness (QED) is 0.538. The Morgan fingerprint density at radius 3 is 2.36 bits per heavy atom. The van der Waals surface area contributed by atoms with Crippen molar-refractivity contribution in [2.45, 2.75) is 45.1 Å². The highest BCUT2D eigenvalue weighted by Crippen LogP contribution is 2.21. The van der Waals surface area contributed by atoms with E-state index in [2.05, 4.69) is 0 Å². The molecule has 0 aromatic rings. The maximum Gasteiger partial charge on any atom is 0.306 e. The third-order valence-electron chi connectivity index (χ3n) is 2.10. The molecule has 4 N–H and O–H groups in total. The van der Waals surface area contributed by atoms with Gasteiger partial charge in [0.05, 0.1) is 11.5 Å². The molecule has 4 nitrogen and oxygen atoms in total. The molecule has 0 saturated heterocycles. The van der Waals surface area contributed by atoms with E-state index in [1.54, 1.807) is 13.8 Å². The second-order valence-corrected chi connectivity index (χ2v) is 4.34. The van der Waals surface area contributed by atoms with Crippen molar-refractivity contribution in [3.05, 3.63) is 0 Å². The van der Waals surface area contributed by atoms with Crippen molar-refractivity contribution < 1.29 is 15.0 Å². The van der Waals surface area contributed by atoms with E-state index in [9.17, 15) is 9.90 Å². The molecule has 0 aliphatic carbocycles. The summed E-state index contributed by atoms with van der Waals surface area (Å²) in [6, 6.07) is 0. The number of aliphatic hydroxyl groups is 1. The molecule has 0 spiro atoms. The topological polar surface area (TPSA) is 83.5 Å². The van der Waals surface area contributed by atoms with Crippen LogP contribution in [0.2, 0.25) is 0 Å². The summed E-state index contributed by atoms with van der Waals surface area (Å²) in [7, 11) is 0. The number of carbonyl (C=O) groups is 1. The van der Waals surface area contributed by atoms with Crippen molar-refractivity contribution in [3.63, 3.8) is 0 Å². The Labute approximate surface area is 85.1 Å². The number of hydrogen-bond donors (Lipinski definition) is 3. The van der Waals surface area contributed by atoms with Crippen LogP contribution in [0, 0.1) is 5.92 Å². The van der Waals surface area contributed by atoms with Gasteiger partial charge in [-0.05, 0) is 39.7 Å². The zero-order valence-corrected chi connectivity index (χ0v) is 8.99. The molecular weight excluding hydrogens is 182 g/mol. The number of carboxylic acid groups (broad SMARTS) is 1. The molecule has 1 atom stereocenters. The minimum Gasteiger partial charge on any atom is -0.481 e. The molecule has 0 aromatic heterocycles. The third kappa shape index (κ3) is 6.86. The normalized spacial score (nSPS) is 14.0. The van der Waals surface area contributed by atoms with Crippen LogP contribution in [0.1, 0.15) is 39.5 Å². The third-order valence-corrected chi connectivity index (χ3v) is 2.10. The Balaban J connectivity index is 3.97. The van der Waals surface area contributed by atoms with Crippen molar-refractivity contribution in [1.82, 2.24) is 0 Å². The summed E-state index contributed by atoms with van der Waals surface area (Å²) in [6.07, 6.45) is 2.54. The lowest BCUT2D eigenvalue weighted by Gasteiger charge is -2.21. The van der Waals surface area contributed by atoms with Crippen LogP contribution < -0.4 is 5.73 Å². The van der Waals surface area contributed by atoms with Gasteiger partial charge in [-0.15, -0.1) is 0 Å². The van der Waals surface area contributed by atoms with Crippen LogP contribution in [-0.4, -0.2) is 28.3 Å². The molecular formula is C10H21NO3. The molecule has 0 aliphatic heterocycles. The van der Waals surface area contributed by atoms with Crippen LogP contribution in [0.5, 0.6) is 0 Å².